The van der Waals surface area contributed by atoms with Crippen LogP contribution in [0.25, 0.3) is 33.4 Å². The molecule has 1 amide bonds. The third kappa shape index (κ3) is 10.6. The summed E-state index contributed by atoms with van der Waals surface area (Å²) in [6, 6.07) is 16.6. The molecule has 2 aliphatic rings. The number of methoxy groups -OCH3 is 2. The third-order valence-corrected chi connectivity index (χ3v) is 8.23. The Morgan fingerprint density at radius 1 is 0.918 bits per heavy atom. The molecule has 0 saturated heterocycles. The summed E-state index contributed by atoms with van der Waals surface area (Å²) < 4.78 is 20.2. The first-order chi connectivity index (χ1) is 23.7. The van der Waals surface area contributed by atoms with Crippen LogP contribution in [0, 0.1) is 0 Å². The lowest BCUT2D eigenvalue weighted by molar-refractivity contribution is -0.121. The summed E-state index contributed by atoms with van der Waals surface area (Å²) in [7, 11) is 14.0. The number of nitrogens with zero attached hydrogens (tertiary/aromatic N) is 3. The Morgan fingerprint density at radius 2 is 1.65 bits per heavy atom. The molecule has 0 unspecified atom stereocenters. The zero-order valence-corrected chi connectivity index (χ0v) is 31.1. The van der Waals surface area contributed by atoms with Gasteiger partial charge in [-0.15, -0.1) is 0 Å². The molecular formula is C38H59N6O5+. The minimum atomic E-state index is 0.0989. The molecular weight excluding hydrogens is 620 g/mol. The van der Waals surface area contributed by atoms with Crippen LogP contribution in [0.5, 0.6) is 11.5 Å². The van der Waals surface area contributed by atoms with Crippen molar-refractivity contribution in [1.82, 2.24) is 9.89 Å². The first kappa shape index (κ1) is 40.9. The largest absolute Gasteiger partial charge is 0.497 e. The highest BCUT2D eigenvalue weighted by molar-refractivity contribution is 6.04. The Kier molecular flexibility index (Phi) is 17.4. The maximum absolute atomic E-state index is 12.5. The lowest BCUT2D eigenvalue weighted by Crippen LogP contribution is -2.29. The summed E-state index contributed by atoms with van der Waals surface area (Å²) in [6.07, 6.45) is 4.25. The van der Waals surface area contributed by atoms with Crippen LogP contribution in [0.15, 0.2) is 52.9 Å². The van der Waals surface area contributed by atoms with Crippen LogP contribution in [-0.2, 0) is 4.79 Å². The van der Waals surface area contributed by atoms with Crippen LogP contribution in [0.2, 0.25) is 0 Å². The number of carbonyl (C=O) groups excluding carboxylic acids is 1. The minimum Gasteiger partial charge on any atom is -0.497 e. The molecule has 0 radical (unpaired) electrons. The summed E-state index contributed by atoms with van der Waals surface area (Å²) >= 11 is 0. The van der Waals surface area contributed by atoms with E-state index < -0.39 is 0 Å². The van der Waals surface area contributed by atoms with Gasteiger partial charge in [0.2, 0.25) is 11.3 Å². The number of unbranched alkanes of at least 4 members (excludes halogenated alkanes) is 2. The molecule has 11 nitrogen and oxygen atoms in total. The highest BCUT2D eigenvalue weighted by Gasteiger charge is 2.24. The Bertz CT molecular complexity index is 1650. The third-order valence-electron chi connectivity index (χ3n) is 8.23. The van der Waals surface area contributed by atoms with Gasteiger partial charge in [-0.1, -0.05) is 6.42 Å². The number of hydrogen-bond donors (Lipinski definition) is 4. The van der Waals surface area contributed by atoms with E-state index in [4.69, 9.17) is 24.7 Å². The molecule has 1 heterocycles. The van der Waals surface area contributed by atoms with Crippen molar-refractivity contribution in [2.24, 2.45) is 11.5 Å². The lowest BCUT2D eigenvalue weighted by Gasteiger charge is -2.30. The van der Waals surface area contributed by atoms with Crippen LogP contribution in [0.1, 0.15) is 39.0 Å². The number of anilines is 2. The normalized spacial score (nSPS) is 10.4. The predicted molar refractivity (Wildman–Crippen MR) is 204 cm³/mol. The van der Waals surface area contributed by atoms with Gasteiger partial charge < -0.3 is 45.6 Å². The number of fused-ring (bicyclic) bond motifs is 2. The number of carbonyl (C=O) groups is 1. The SMILES string of the molecule is CCN(CCCC(=O)NCCCCCN)c1cc(OC)c(-c2c3ccc(=[N+](C)C)cc-3oc3cc(OC)ccc23)cc1N(C)C.CN.CO. The molecule has 2 aromatic carbocycles. The Morgan fingerprint density at radius 3 is 2.27 bits per heavy atom. The number of aliphatic hydroxyl groups is 1. The number of amides is 1. The Hall–Kier alpha value is -4.32. The van der Waals surface area contributed by atoms with Crippen molar-refractivity contribution in [2.45, 2.75) is 39.0 Å². The van der Waals surface area contributed by atoms with Crippen molar-refractivity contribution < 1.29 is 23.8 Å². The number of aliphatic hydroxyl groups excluding tert-OH is 1. The monoisotopic (exact) mass is 679 g/mol. The summed E-state index contributed by atoms with van der Waals surface area (Å²) in [5, 5.41) is 12.1. The van der Waals surface area contributed by atoms with Crippen molar-refractivity contribution in [1.29, 1.82) is 0 Å². The standard InChI is InChI=1S/C36H49N5O4.CH5N.CH4O/c1-8-41(20-12-13-35(42)38-19-11-9-10-18-37)31-24-32(44-7)29(23-30(31)40(4)5)36-27-16-14-25(39(2)3)21-33(27)45-34-22-26(43-6)15-17-28(34)36;2*1-2/h14-17,21-24H,8-13,18-20,37H2,1-7H3;2H2,1H3;2H,1H3/p+1. The van der Waals surface area contributed by atoms with Crippen LogP contribution in [0.3, 0.4) is 0 Å². The molecule has 1 aliphatic heterocycles. The second-order valence-electron chi connectivity index (χ2n) is 11.7. The second kappa shape index (κ2) is 20.9. The van der Waals surface area contributed by atoms with Gasteiger partial charge in [-0.05, 0) is 64.0 Å². The number of benzene rings is 3. The molecule has 0 aromatic heterocycles. The van der Waals surface area contributed by atoms with Crippen molar-refractivity contribution in [3.05, 3.63) is 53.9 Å². The maximum Gasteiger partial charge on any atom is 0.220 e. The first-order valence-electron chi connectivity index (χ1n) is 16.9. The van der Waals surface area contributed by atoms with Gasteiger partial charge in [-0.25, -0.2) is 4.58 Å². The minimum absolute atomic E-state index is 0.0989. The average Bonchev–Trinajstić information content (AvgIpc) is 3.12. The van der Waals surface area contributed by atoms with E-state index in [0.29, 0.717) is 19.5 Å². The molecule has 270 valence electrons. The molecule has 0 spiro atoms. The summed E-state index contributed by atoms with van der Waals surface area (Å²) in [6.45, 7) is 5.10. The fraction of sp³-hybridized carbons (Fsp3) is 0.474. The van der Waals surface area contributed by atoms with Gasteiger partial charge in [0.25, 0.3) is 0 Å². The van der Waals surface area contributed by atoms with Crippen molar-refractivity contribution in [2.75, 3.05) is 92.5 Å². The summed E-state index contributed by atoms with van der Waals surface area (Å²) in [5.74, 6) is 2.38. The zero-order valence-electron chi connectivity index (χ0n) is 31.1. The fourth-order valence-corrected chi connectivity index (χ4v) is 5.73. The van der Waals surface area contributed by atoms with Crippen LogP contribution >= 0.6 is 0 Å². The Balaban J connectivity index is 0.00000201. The van der Waals surface area contributed by atoms with E-state index in [1.807, 2.05) is 26.2 Å². The zero-order chi connectivity index (χ0) is 36.5. The predicted octanol–water partition coefficient (Wildman–Crippen LogP) is 4.35. The van der Waals surface area contributed by atoms with E-state index in [0.717, 1.165) is 108 Å². The number of rotatable bonds is 15. The van der Waals surface area contributed by atoms with Crippen molar-refractivity contribution in [3.8, 4) is 33.9 Å². The molecule has 4 rings (SSSR count). The number of hydrogen-bond acceptors (Lipinski definition) is 9. The van der Waals surface area contributed by atoms with Crippen molar-refractivity contribution in [3.63, 3.8) is 0 Å². The van der Waals surface area contributed by atoms with E-state index >= 15 is 0 Å². The van der Waals surface area contributed by atoms with Crippen LogP contribution < -0.4 is 46.0 Å². The summed E-state index contributed by atoms with van der Waals surface area (Å²) in [5.41, 5.74) is 15.9. The number of ether oxygens (including phenoxy) is 2. The van der Waals surface area contributed by atoms with Gasteiger partial charge in [0, 0.05) is 87.5 Å². The van der Waals surface area contributed by atoms with E-state index in [1.54, 1.807) is 14.2 Å². The molecule has 2 aromatic rings. The highest BCUT2D eigenvalue weighted by atomic mass is 16.5. The first-order valence-corrected chi connectivity index (χ1v) is 16.9. The van der Waals surface area contributed by atoms with E-state index in [1.165, 1.54) is 7.05 Å². The van der Waals surface area contributed by atoms with Gasteiger partial charge >= 0.3 is 0 Å². The summed E-state index contributed by atoms with van der Waals surface area (Å²) in [4.78, 5) is 16.9. The molecule has 0 fully saturated rings. The quantitative estimate of drug-likeness (QED) is 0.0820. The molecule has 6 N–H and O–H groups in total. The molecule has 0 bridgehead atoms. The van der Waals surface area contributed by atoms with Gasteiger partial charge in [-0.3, -0.25) is 4.79 Å². The molecule has 1 aliphatic carbocycles. The second-order valence-corrected chi connectivity index (χ2v) is 11.7. The average molecular weight is 680 g/mol. The molecule has 0 saturated carbocycles. The fourth-order valence-electron chi connectivity index (χ4n) is 5.73. The van der Waals surface area contributed by atoms with Gasteiger partial charge in [-0.2, -0.15) is 0 Å². The van der Waals surface area contributed by atoms with Crippen LogP contribution in [0.4, 0.5) is 11.4 Å². The number of nitrogens with two attached hydrogens (primary N) is 2. The van der Waals surface area contributed by atoms with Gasteiger partial charge in [0.05, 0.1) is 31.7 Å². The van der Waals surface area contributed by atoms with E-state index in [9.17, 15) is 4.79 Å². The van der Waals surface area contributed by atoms with Gasteiger partial charge in [0.15, 0.2) is 0 Å². The Labute approximate surface area is 292 Å². The molecule has 11 heteroatoms. The molecule has 49 heavy (non-hydrogen) atoms. The van der Waals surface area contributed by atoms with E-state index in [2.05, 4.69) is 82.8 Å². The topological polar surface area (TPSA) is 142 Å². The van der Waals surface area contributed by atoms with Crippen molar-refractivity contribution >= 4 is 28.3 Å². The molecule has 0 atom stereocenters. The van der Waals surface area contributed by atoms with Crippen LogP contribution in [-0.4, -0.2) is 93.8 Å². The lowest BCUT2D eigenvalue weighted by atomic mass is 9.92. The maximum atomic E-state index is 12.5. The van der Waals surface area contributed by atoms with Gasteiger partial charge in [0.1, 0.15) is 36.9 Å². The number of nitrogens with one attached hydrogen (secondary N) is 1. The van der Waals surface area contributed by atoms with E-state index in [-0.39, 0.29) is 5.91 Å². The highest BCUT2D eigenvalue weighted by Crippen LogP contribution is 2.47. The smallest absolute Gasteiger partial charge is 0.220 e.